The van der Waals surface area contributed by atoms with Gasteiger partial charge in [-0.2, -0.15) is 0 Å². The van der Waals surface area contributed by atoms with Crippen LogP contribution < -0.4 is 5.32 Å². The molecule has 5 aromatic carbocycles. The van der Waals surface area contributed by atoms with E-state index >= 15 is 0 Å². The van der Waals surface area contributed by atoms with Crippen molar-refractivity contribution in [1.82, 2.24) is 0 Å². The summed E-state index contributed by atoms with van der Waals surface area (Å²) in [7, 11) is 0. The van der Waals surface area contributed by atoms with Gasteiger partial charge in [0.25, 0.3) is 0 Å². The molecule has 4 nitrogen and oxygen atoms in total. The first kappa shape index (κ1) is 31.8. The van der Waals surface area contributed by atoms with Crippen LogP contribution in [0.2, 0.25) is 0 Å². The molecule has 0 heterocycles. The lowest BCUT2D eigenvalue weighted by atomic mass is 9.84. The zero-order chi connectivity index (χ0) is 31.7. The first-order chi connectivity index (χ1) is 21.8. The largest absolute Gasteiger partial charge is 0.460 e. The van der Waals surface area contributed by atoms with Crippen molar-refractivity contribution in [2.24, 2.45) is 5.92 Å². The molecule has 0 aliphatic rings. The number of esters is 1. The summed E-state index contributed by atoms with van der Waals surface area (Å²) >= 11 is 1.74. The molecule has 0 aliphatic heterocycles. The fraction of sp³-hybridized carbons (Fsp3) is 0.200. The molecule has 0 fully saturated rings. The summed E-state index contributed by atoms with van der Waals surface area (Å²) in [4.78, 5) is 25.6. The maximum atomic E-state index is 13.8. The Balaban J connectivity index is 1.50. The molecule has 0 amide bonds. The summed E-state index contributed by atoms with van der Waals surface area (Å²) in [6.45, 7) is 6.06. The van der Waals surface area contributed by atoms with Crippen LogP contribution in [0, 0.1) is 5.92 Å². The molecule has 45 heavy (non-hydrogen) atoms. The summed E-state index contributed by atoms with van der Waals surface area (Å²) in [5, 5.41) is 3.50. The lowest BCUT2D eigenvalue weighted by Crippen LogP contribution is -2.35. The van der Waals surface area contributed by atoms with E-state index in [9.17, 15) is 9.59 Å². The van der Waals surface area contributed by atoms with Gasteiger partial charge < -0.3 is 10.1 Å². The number of carbonyl (C=O) groups is 2. The highest BCUT2D eigenvalue weighted by Gasteiger charge is 2.39. The maximum Gasteiger partial charge on any atom is 0.312 e. The van der Waals surface area contributed by atoms with Gasteiger partial charge in [-0.25, -0.2) is 0 Å². The van der Waals surface area contributed by atoms with Crippen LogP contribution in [0.4, 0.5) is 5.69 Å². The molecule has 0 aromatic heterocycles. The Labute approximate surface area is 270 Å². The molecule has 5 rings (SSSR count). The van der Waals surface area contributed by atoms with Crippen LogP contribution in [-0.4, -0.2) is 30.2 Å². The van der Waals surface area contributed by atoms with Gasteiger partial charge in [-0.05, 0) is 66.8 Å². The second-order valence-corrected chi connectivity index (χ2v) is 13.2. The van der Waals surface area contributed by atoms with E-state index in [0.29, 0.717) is 17.9 Å². The minimum Gasteiger partial charge on any atom is -0.460 e. The molecular formula is C40H39NO3S. The molecule has 0 radical (unpaired) electrons. The standard InChI is InChI=1S/C40H39NO3S/c1-39(2,3)44-38(43)32(27-41-36-25-24-31(28-42)37(26-36)30-16-8-4-9-17-30)29-45-40(33-18-10-5-11-19-33,34-20-12-6-13-21-34)35-22-14-7-15-23-35/h4-26,28,32,41H,27,29H2,1-3H3/t32-/m0/s1. The summed E-state index contributed by atoms with van der Waals surface area (Å²) in [6, 6.07) is 47.0. The Morgan fingerprint density at radius 3 is 1.69 bits per heavy atom. The third-order valence-corrected chi connectivity index (χ3v) is 9.31. The Morgan fingerprint density at radius 2 is 1.22 bits per heavy atom. The fourth-order valence-electron chi connectivity index (χ4n) is 5.47. The zero-order valence-electron chi connectivity index (χ0n) is 26.0. The smallest absolute Gasteiger partial charge is 0.312 e. The second kappa shape index (κ2) is 14.4. The summed E-state index contributed by atoms with van der Waals surface area (Å²) < 4.78 is 5.40. The topological polar surface area (TPSA) is 55.4 Å². The number of carbonyl (C=O) groups excluding carboxylic acids is 2. The predicted molar refractivity (Wildman–Crippen MR) is 187 cm³/mol. The van der Waals surface area contributed by atoms with Gasteiger partial charge in [-0.15, -0.1) is 11.8 Å². The fourth-order valence-corrected chi connectivity index (χ4v) is 7.08. The van der Waals surface area contributed by atoms with Crippen LogP contribution >= 0.6 is 11.8 Å². The first-order valence-corrected chi connectivity index (χ1v) is 16.2. The lowest BCUT2D eigenvalue weighted by molar-refractivity contribution is -0.158. The minimum atomic E-state index is -0.624. The van der Waals surface area contributed by atoms with Crippen molar-refractivity contribution in [2.75, 3.05) is 17.6 Å². The van der Waals surface area contributed by atoms with Crippen LogP contribution in [0.3, 0.4) is 0 Å². The number of aldehydes is 1. The summed E-state index contributed by atoms with van der Waals surface area (Å²) in [5.41, 5.74) is 6.04. The number of ether oxygens (including phenoxy) is 1. The lowest BCUT2D eigenvalue weighted by Gasteiger charge is -2.36. The Kier molecular flexibility index (Phi) is 10.2. The van der Waals surface area contributed by atoms with Crippen molar-refractivity contribution < 1.29 is 14.3 Å². The normalized spacial score (nSPS) is 12.2. The van der Waals surface area contributed by atoms with Gasteiger partial charge in [0, 0.05) is 23.5 Å². The molecular weight excluding hydrogens is 575 g/mol. The van der Waals surface area contributed by atoms with E-state index < -0.39 is 16.3 Å². The van der Waals surface area contributed by atoms with Gasteiger partial charge in [-0.1, -0.05) is 121 Å². The van der Waals surface area contributed by atoms with Crippen LogP contribution in [0.15, 0.2) is 140 Å². The number of thioether (sulfide) groups is 1. The SMILES string of the molecule is CC(C)(C)OC(=O)[C@@H](CNc1ccc(C=O)c(-c2ccccc2)c1)CSC(c1ccccc1)(c1ccccc1)c1ccccc1. The highest BCUT2D eigenvalue weighted by molar-refractivity contribution is 8.00. The quantitative estimate of drug-likeness (QED) is 0.0864. The predicted octanol–water partition coefficient (Wildman–Crippen LogP) is 9.26. The Morgan fingerprint density at radius 1 is 0.733 bits per heavy atom. The summed E-state index contributed by atoms with van der Waals surface area (Å²) in [5.74, 6) is -0.215. The third-order valence-electron chi connectivity index (χ3n) is 7.60. The van der Waals surface area contributed by atoms with Crippen molar-refractivity contribution in [1.29, 1.82) is 0 Å². The molecule has 0 bridgehead atoms. The van der Waals surface area contributed by atoms with Gasteiger partial charge in [0.1, 0.15) is 5.60 Å². The molecule has 5 heteroatoms. The molecule has 0 saturated carbocycles. The average molecular weight is 614 g/mol. The molecule has 1 atom stereocenters. The molecule has 0 aliphatic carbocycles. The van der Waals surface area contributed by atoms with Crippen molar-refractivity contribution in [2.45, 2.75) is 31.1 Å². The molecule has 228 valence electrons. The van der Waals surface area contributed by atoms with Crippen LogP contribution in [-0.2, 0) is 14.3 Å². The first-order valence-electron chi connectivity index (χ1n) is 15.2. The summed E-state index contributed by atoms with van der Waals surface area (Å²) in [6.07, 6.45) is 0.878. The van der Waals surface area contributed by atoms with Crippen LogP contribution in [0.25, 0.3) is 11.1 Å². The number of benzene rings is 5. The van der Waals surface area contributed by atoms with E-state index in [1.54, 1.807) is 11.8 Å². The van der Waals surface area contributed by atoms with E-state index in [0.717, 1.165) is 39.8 Å². The monoisotopic (exact) mass is 613 g/mol. The van der Waals surface area contributed by atoms with Crippen molar-refractivity contribution in [3.63, 3.8) is 0 Å². The molecule has 1 N–H and O–H groups in total. The maximum absolute atomic E-state index is 13.8. The van der Waals surface area contributed by atoms with Gasteiger partial charge in [0.15, 0.2) is 6.29 Å². The van der Waals surface area contributed by atoms with Gasteiger partial charge in [0.05, 0.1) is 10.7 Å². The molecule has 0 spiro atoms. The number of rotatable bonds is 12. The van der Waals surface area contributed by atoms with Crippen molar-refractivity contribution in [3.05, 3.63) is 162 Å². The number of hydrogen-bond acceptors (Lipinski definition) is 5. The number of nitrogens with one attached hydrogen (secondary N) is 1. The van der Waals surface area contributed by atoms with E-state index in [1.807, 2.05) is 87.5 Å². The number of anilines is 1. The highest BCUT2D eigenvalue weighted by atomic mass is 32.2. The molecule has 0 saturated heterocycles. The van der Waals surface area contributed by atoms with Gasteiger partial charge >= 0.3 is 5.97 Å². The van der Waals surface area contributed by atoms with Crippen LogP contribution in [0.5, 0.6) is 0 Å². The van der Waals surface area contributed by atoms with E-state index in [2.05, 4.69) is 78.1 Å². The van der Waals surface area contributed by atoms with Gasteiger partial charge in [-0.3, -0.25) is 9.59 Å². The second-order valence-electron chi connectivity index (χ2n) is 12.0. The van der Waals surface area contributed by atoms with Gasteiger partial charge in [0.2, 0.25) is 0 Å². The number of hydrogen-bond donors (Lipinski definition) is 1. The van der Waals surface area contributed by atoms with E-state index in [1.165, 1.54) is 0 Å². The average Bonchev–Trinajstić information content (AvgIpc) is 3.07. The zero-order valence-corrected chi connectivity index (χ0v) is 26.8. The van der Waals surface area contributed by atoms with E-state index in [-0.39, 0.29) is 5.97 Å². The minimum absolute atomic E-state index is 0.252. The third kappa shape index (κ3) is 7.73. The highest BCUT2D eigenvalue weighted by Crippen LogP contribution is 2.49. The van der Waals surface area contributed by atoms with Crippen molar-refractivity contribution in [3.8, 4) is 11.1 Å². The van der Waals surface area contributed by atoms with Crippen LogP contribution in [0.1, 0.15) is 47.8 Å². The van der Waals surface area contributed by atoms with Crippen molar-refractivity contribution >= 4 is 29.7 Å². The molecule has 5 aromatic rings. The Hall–Kier alpha value is -4.61. The molecule has 0 unspecified atom stereocenters. The Bertz CT molecular complexity index is 1590. The van der Waals surface area contributed by atoms with E-state index in [4.69, 9.17) is 4.74 Å².